The highest BCUT2D eigenvalue weighted by Crippen LogP contribution is 2.52. The zero-order chi connectivity index (χ0) is 20.7. The molecule has 1 saturated carbocycles. The van der Waals surface area contributed by atoms with Gasteiger partial charge < -0.3 is 5.32 Å². The highest BCUT2D eigenvalue weighted by Gasteiger charge is 2.41. The Kier molecular flexibility index (Phi) is 5.36. The standard InChI is InChI=1S/C25H32N2O2S/c1-18(19-9-12-26-13-10-19)15-22-17-24(22)20-7-8-25-21(16-20)11-14-27(25)30(28,29)23-5-3-2-4-6-23/h2-8,16,18-19,22,24,26H,9-15,17H2,1H3. The number of hydrogen-bond donors (Lipinski definition) is 1. The molecule has 0 bridgehead atoms. The van der Waals surface area contributed by atoms with Gasteiger partial charge in [-0.3, -0.25) is 4.31 Å². The van der Waals surface area contributed by atoms with Gasteiger partial charge in [-0.05, 0) is 98.2 Å². The van der Waals surface area contributed by atoms with Crippen molar-refractivity contribution in [2.45, 2.75) is 49.8 Å². The first-order valence-electron chi connectivity index (χ1n) is 11.5. The van der Waals surface area contributed by atoms with Gasteiger partial charge in [-0.1, -0.05) is 37.3 Å². The zero-order valence-corrected chi connectivity index (χ0v) is 18.6. The average molecular weight is 425 g/mol. The van der Waals surface area contributed by atoms with Gasteiger partial charge in [0.15, 0.2) is 0 Å². The fourth-order valence-corrected chi connectivity index (χ4v) is 7.12. The van der Waals surface area contributed by atoms with Crippen molar-refractivity contribution in [1.29, 1.82) is 0 Å². The monoisotopic (exact) mass is 424 g/mol. The van der Waals surface area contributed by atoms with Gasteiger partial charge in [0.2, 0.25) is 0 Å². The van der Waals surface area contributed by atoms with E-state index >= 15 is 0 Å². The van der Waals surface area contributed by atoms with Crippen molar-refractivity contribution in [2.24, 2.45) is 17.8 Å². The molecule has 0 amide bonds. The first-order valence-corrected chi connectivity index (χ1v) is 12.9. The van der Waals surface area contributed by atoms with Crippen LogP contribution >= 0.6 is 0 Å². The summed E-state index contributed by atoms with van der Waals surface area (Å²) in [6.07, 6.45) is 6.07. The third-order valence-corrected chi connectivity index (χ3v) is 9.33. The van der Waals surface area contributed by atoms with Gasteiger partial charge in [0.05, 0.1) is 10.6 Å². The molecular formula is C25H32N2O2S. The number of nitrogens with one attached hydrogen (secondary N) is 1. The molecule has 0 aromatic heterocycles. The van der Waals surface area contributed by atoms with Crippen molar-refractivity contribution >= 4 is 15.7 Å². The van der Waals surface area contributed by atoms with Crippen molar-refractivity contribution in [2.75, 3.05) is 23.9 Å². The Labute approximate surface area is 180 Å². The molecule has 160 valence electrons. The van der Waals surface area contributed by atoms with E-state index in [1.807, 2.05) is 12.1 Å². The normalized spacial score (nSPS) is 25.2. The minimum atomic E-state index is -3.48. The van der Waals surface area contributed by atoms with E-state index in [1.165, 1.54) is 49.9 Å². The molecule has 3 atom stereocenters. The maximum absolute atomic E-state index is 13.1. The number of nitrogens with zero attached hydrogens (tertiary/aromatic N) is 1. The summed E-state index contributed by atoms with van der Waals surface area (Å²) in [4.78, 5) is 0.371. The summed E-state index contributed by atoms with van der Waals surface area (Å²) in [6, 6.07) is 15.3. The molecule has 1 N–H and O–H groups in total. The van der Waals surface area contributed by atoms with Crippen LogP contribution in [0.5, 0.6) is 0 Å². The number of rotatable bonds is 6. The van der Waals surface area contributed by atoms with Crippen LogP contribution in [0.1, 0.15) is 49.7 Å². The maximum Gasteiger partial charge on any atom is 0.264 e. The summed E-state index contributed by atoms with van der Waals surface area (Å²) < 4.78 is 27.7. The van der Waals surface area contributed by atoms with Crippen LogP contribution in [0.3, 0.4) is 0 Å². The lowest BCUT2D eigenvalue weighted by atomic mass is 9.82. The molecule has 4 nitrogen and oxygen atoms in total. The van der Waals surface area contributed by atoms with Crippen LogP contribution in [0, 0.1) is 17.8 Å². The van der Waals surface area contributed by atoms with E-state index in [2.05, 4.69) is 24.4 Å². The van der Waals surface area contributed by atoms with Gasteiger partial charge in [0, 0.05) is 6.54 Å². The van der Waals surface area contributed by atoms with Crippen LogP contribution in [0.4, 0.5) is 5.69 Å². The molecule has 1 saturated heterocycles. The average Bonchev–Trinajstić information content (AvgIpc) is 3.40. The van der Waals surface area contributed by atoms with Gasteiger partial charge in [0.1, 0.15) is 0 Å². The molecule has 3 unspecified atom stereocenters. The highest BCUT2D eigenvalue weighted by atomic mass is 32.2. The molecule has 30 heavy (non-hydrogen) atoms. The van der Waals surface area contributed by atoms with Crippen LogP contribution < -0.4 is 9.62 Å². The Morgan fingerprint density at radius 3 is 2.63 bits per heavy atom. The van der Waals surface area contributed by atoms with Crippen LogP contribution in [-0.4, -0.2) is 28.1 Å². The van der Waals surface area contributed by atoms with E-state index < -0.39 is 10.0 Å². The molecule has 0 spiro atoms. The summed E-state index contributed by atoms with van der Waals surface area (Å²) in [7, 11) is -3.48. The summed E-state index contributed by atoms with van der Waals surface area (Å²) in [6.45, 7) is 5.34. The summed E-state index contributed by atoms with van der Waals surface area (Å²) >= 11 is 0. The number of hydrogen-bond acceptors (Lipinski definition) is 3. The molecule has 5 heteroatoms. The molecule has 2 aromatic rings. The number of sulfonamides is 1. The summed E-state index contributed by atoms with van der Waals surface area (Å²) in [5, 5.41) is 3.47. The van der Waals surface area contributed by atoms with Crippen molar-refractivity contribution in [3.8, 4) is 0 Å². The maximum atomic E-state index is 13.1. The highest BCUT2D eigenvalue weighted by molar-refractivity contribution is 7.92. The second-order valence-electron chi connectivity index (χ2n) is 9.43. The fourth-order valence-electron chi connectivity index (χ4n) is 5.59. The Morgan fingerprint density at radius 2 is 1.87 bits per heavy atom. The molecular weight excluding hydrogens is 392 g/mol. The molecule has 5 rings (SSSR count). The number of anilines is 1. The Bertz CT molecular complexity index is 999. The molecule has 2 heterocycles. The summed E-state index contributed by atoms with van der Waals surface area (Å²) in [5.41, 5.74) is 3.46. The van der Waals surface area contributed by atoms with Gasteiger partial charge in [0.25, 0.3) is 10.0 Å². The minimum absolute atomic E-state index is 0.371. The number of benzene rings is 2. The fraction of sp³-hybridized carbons (Fsp3) is 0.520. The Balaban J connectivity index is 1.27. The second kappa shape index (κ2) is 8.01. The number of fused-ring (bicyclic) bond motifs is 1. The lowest BCUT2D eigenvalue weighted by molar-refractivity contribution is 0.254. The topological polar surface area (TPSA) is 49.4 Å². The van der Waals surface area contributed by atoms with Gasteiger partial charge in [-0.25, -0.2) is 8.42 Å². The van der Waals surface area contributed by atoms with Gasteiger partial charge >= 0.3 is 0 Å². The smallest absolute Gasteiger partial charge is 0.264 e. The molecule has 2 aromatic carbocycles. The van der Waals surface area contributed by atoms with Crippen LogP contribution in [0.25, 0.3) is 0 Å². The third kappa shape index (κ3) is 3.78. The lowest BCUT2D eigenvalue weighted by Gasteiger charge is -2.28. The molecule has 2 fully saturated rings. The van der Waals surface area contributed by atoms with Crippen LogP contribution in [0.2, 0.25) is 0 Å². The van der Waals surface area contributed by atoms with Crippen LogP contribution in [-0.2, 0) is 16.4 Å². The predicted octanol–water partition coefficient (Wildman–Crippen LogP) is 4.57. The predicted molar refractivity (Wildman–Crippen MR) is 121 cm³/mol. The Morgan fingerprint density at radius 1 is 1.10 bits per heavy atom. The Hall–Kier alpha value is -1.85. The molecule has 1 aliphatic carbocycles. The van der Waals surface area contributed by atoms with Gasteiger partial charge in [-0.15, -0.1) is 0 Å². The third-order valence-electron chi connectivity index (χ3n) is 7.50. The summed E-state index contributed by atoms with van der Waals surface area (Å²) in [5.74, 6) is 3.16. The molecule has 3 aliphatic rings. The van der Waals surface area contributed by atoms with Crippen molar-refractivity contribution in [1.82, 2.24) is 5.32 Å². The van der Waals surface area contributed by atoms with E-state index in [0.29, 0.717) is 17.4 Å². The van der Waals surface area contributed by atoms with E-state index in [9.17, 15) is 8.42 Å². The van der Waals surface area contributed by atoms with Crippen molar-refractivity contribution in [3.63, 3.8) is 0 Å². The number of piperidine rings is 1. The largest absolute Gasteiger partial charge is 0.317 e. The van der Waals surface area contributed by atoms with E-state index in [0.717, 1.165) is 29.9 Å². The van der Waals surface area contributed by atoms with Crippen molar-refractivity contribution < 1.29 is 8.42 Å². The molecule has 2 aliphatic heterocycles. The first kappa shape index (κ1) is 20.1. The minimum Gasteiger partial charge on any atom is -0.317 e. The van der Waals surface area contributed by atoms with Gasteiger partial charge in [-0.2, -0.15) is 0 Å². The van der Waals surface area contributed by atoms with E-state index in [1.54, 1.807) is 28.6 Å². The second-order valence-corrected chi connectivity index (χ2v) is 11.3. The van der Waals surface area contributed by atoms with Crippen LogP contribution in [0.15, 0.2) is 53.4 Å². The molecule has 0 radical (unpaired) electrons. The quantitative estimate of drug-likeness (QED) is 0.739. The van der Waals surface area contributed by atoms with E-state index in [-0.39, 0.29) is 0 Å². The SMILES string of the molecule is CC(CC1CC1c1ccc2c(c1)CCN2S(=O)(=O)c1ccccc1)C1CCNCC1. The van der Waals surface area contributed by atoms with Crippen molar-refractivity contribution in [3.05, 3.63) is 59.7 Å². The lowest BCUT2D eigenvalue weighted by Crippen LogP contribution is -2.31. The zero-order valence-electron chi connectivity index (χ0n) is 17.8. The van der Waals surface area contributed by atoms with E-state index in [4.69, 9.17) is 0 Å². The first-order chi connectivity index (χ1) is 14.5.